The molecule has 2 aromatic rings. The standard InChI is InChI=1S/C19H28N6/c1-4-20-19(21-13-18-9-11-22-24(18)3)23-16-10-12-25(14-16)17-7-5-15(2)6-8-17/h5-9,11,16H,4,10,12-14H2,1-3H3,(H2,20,21,23). The summed E-state index contributed by atoms with van der Waals surface area (Å²) < 4.78 is 1.86. The van der Waals surface area contributed by atoms with E-state index in [2.05, 4.69) is 58.7 Å². The van der Waals surface area contributed by atoms with Crippen LogP contribution in [-0.2, 0) is 13.6 Å². The summed E-state index contributed by atoms with van der Waals surface area (Å²) in [5, 5.41) is 11.1. The van der Waals surface area contributed by atoms with Crippen LogP contribution < -0.4 is 15.5 Å². The molecule has 0 spiro atoms. The van der Waals surface area contributed by atoms with Crippen molar-refractivity contribution < 1.29 is 0 Å². The second kappa shape index (κ2) is 8.05. The molecule has 1 aliphatic rings. The predicted molar refractivity (Wildman–Crippen MR) is 103 cm³/mol. The van der Waals surface area contributed by atoms with Gasteiger partial charge >= 0.3 is 0 Å². The van der Waals surface area contributed by atoms with Crippen molar-refractivity contribution in [1.82, 2.24) is 20.4 Å². The van der Waals surface area contributed by atoms with E-state index in [0.717, 1.165) is 37.7 Å². The van der Waals surface area contributed by atoms with E-state index in [1.54, 1.807) is 0 Å². The van der Waals surface area contributed by atoms with Crippen LogP contribution in [0.25, 0.3) is 0 Å². The molecular formula is C19H28N6. The Morgan fingerprint density at radius 3 is 2.76 bits per heavy atom. The predicted octanol–water partition coefficient (Wildman–Crippen LogP) is 2.06. The maximum absolute atomic E-state index is 4.70. The second-order valence-corrected chi connectivity index (χ2v) is 6.55. The van der Waals surface area contributed by atoms with Gasteiger partial charge in [-0.25, -0.2) is 4.99 Å². The van der Waals surface area contributed by atoms with E-state index < -0.39 is 0 Å². The third-order valence-corrected chi connectivity index (χ3v) is 4.59. The van der Waals surface area contributed by atoms with Crippen LogP contribution in [-0.4, -0.2) is 41.4 Å². The van der Waals surface area contributed by atoms with Gasteiger partial charge in [0.25, 0.3) is 0 Å². The van der Waals surface area contributed by atoms with Crippen LogP contribution in [0.4, 0.5) is 5.69 Å². The van der Waals surface area contributed by atoms with Crippen LogP contribution in [0.3, 0.4) is 0 Å². The summed E-state index contributed by atoms with van der Waals surface area (Å²) in [6, 6.07) is 11.2. The topological polar surface area (TPSA) is 57.5 Å². The van der Waals surface area contributed by atoms with Gasteiger partial charge in [-0.2, -0.15) is 5.10 Å². The first-order valence-electron chi connectivity index (χ1n) is 8.99. The smallest absolute Gasteiger partial charge is 0.191 e. The van der Waals surface area contributed by atoms with Crippen molar-refractivity contribution >= 4 is 11.6 Å². The molecule has 2 heterocycles. The summed E-state index contributed by atoms with van der Waals surface area (Å²) >= 11 is 0. The minimum absolute atomic E-state index is 0.408. The number of aliphatic imine (C=N–C) groups is 1. The number of hydrogen-bond donors (Lipinski definition) is 2. The van der Waals surface area contributed by atoms with Crippen LogP contribution >= 0.6 is 0 Å². The summed E-state index contributed by atoms with van der Waals surface area (Å²) in [6.07, 6.45) is 2.92. The number of hydrogen-bond acceptors (Lipinski definition) is 3. The number of nitrogens with zero attached hydrogens (tertiary/aromatic N) is 4. The van der Waals surface area contributed by atoms with Gasteiger partial charge in [0.2, 0.25) is 0 Å². The van der Waals surface area contributed by atoms with Crippen molar-refractivity contribution in [2.24, 2.45) is 12.0 Å². The quantitative estimate of drug-likeness (QED) is 0.646. The largest absolute Gasteiger partial charge is 0.369 e. The van der Waals surface area contributed by atoms with E-state index >= 15 is 0 Å². The third-order valence-electron chi connectivity index (χ3n) is 4.59. The van der Waals surface area contributed by atoms with E-state index in [1.165, 1.54) is 11.3 Å². The molecule has 0 radical (unpaired) electrons. The summed E-state index contributed by atoms with van der Waals surface area (Å²) in [5.41, 5.74) is 3.70. The Hall–Kier alpha value is -2.50. The lowest BCUT2D eigenvalue weighted by Gasteiger charge is -2.20. The Kier molecular flexibility index (Phi) is 5.58. The lowest BCUT2D eigenvalue weighted by molar-refractivity contribution is 0.645. The van der Waals surface area contributed by atoms with Gasteiger partial charge in [-0.3, -0.25) is 4.68 Å². The number of nitrogens with one attached hydrogen (secondary N) is 2. The first kappa shape index (κ1) is 17.3. The van der Waals surface area contributed by atoms with Crippen molar-refractivity contribution in [1.29, 1.82) is 0 Å². The molecule has 1 saturated heterocycles. The average Bonchev–Trinajstić information content (AvgIpc) is 3.23. The SMILES string of the molecule is CCNC(=NCc1ccnn1C)NC1CCN(c2ccc(C)cc2)C1. The fraction of sp³-hybridized carbons (Fsp3) is 0.474. The lowest BCUT2D eigenvalue weighted by Crippen LogP contribution is -2.44. The Balaban J connectivity index is 1.59. The molecule has 25 heavy (non-hydrogen) atoms. The molecule has 2 N–H and O–H groups in total. The van der Waals surface area contributed by atoms with E-state index in [0.29, 0.717) is 12.6 Å². The van der Waals surface area contributed by atoms with Gasteiger partial charge in [0.15, 0.2) is 5.96 Å². The molecule has 1 aliphatic heterocycles. The normalized spacial score (nSPS) is 17.8. The highest BCUT2D eigenvalue weighted by Crippen LogP contribution is 2.20. The van der Waals surface area contributed by atoms with E-state index in [4.69, 9.17) is 4.99 Å². The van der Waals surface area contributed by atoms with Crippen molar-refractivity contribution in [3.63, 3.8) is 0 Å². The molecular weight excluding hydrogens is 312 g/mol. The number of aromatic nitrogens is 2. The van der Waals surface area contributed by atoms with Crippen molar-refractivity contribution in [2.75, 3.05) is 24.5 Å². The van der Waals surface area contributed by atoms with Crippen molar-refractivity contribution in [2.45, 2.75) is 32.9 Å². The average molecular weight is 340 g/mol. The first-order chi connectivity index (χ1) is 12.2. The molecule has 1 fully saturated rings. The number of guanidine groups is 1. The minimum Gasteiger partial charge on any atom is -0.369 e. The zero-order chi connectivity index (χ0) is 17.6. The van der Waals surface area contributed by atoms with Crippen LogP contribution in [0.5, 0.6) is 0 Å². The number of anilines is 1. The lowest BCUT2D eigenvalue weighted by atomic mass is 10.2. The Morgan fingerprint density at radius 1 is 1.28 bits per heavy atom. The Morgan fingerprint density at radius 2 is 2.08 bits per heavy atom. The van der Waals surface area contributed by atoms with Crippen molar-refractivity contribution in [3.8, 4) is 0 Å². The van der Waals surface area contributed by atoms with Crippen LogP contribution in [0.2, 0.25) is 0 Å². The maximum atomic E-state index is 4.70. The molecule has 134 valence electrons. The maximum Gasteiger partial charge on any atom is 0.191 e. The highest BCUT2D eigenvalue weighted by molar-refractivity contribution is 5.80. The third kappa shape index (κ3) is 4.53. The summed E-state index contributed by atoms with van der Waals surface area (Å²) in [5.74, 6) is 0.874. The molecule has 1 unspecified atom stereocenters. The van der Waals surface area contributed by atoms with Gasteiger partial charge in [0.1, 0.15) is 0 Å². The molecule has 6 nitrogen and oxygen atoms in total. The Labute approximate surface area is 149 Å². The number of rotatable bonds is 5. The van der Waals surface area contributed by atoms with Crippen LogP contribution in [0.1, 0.15) is 24.6 Å². The van der Waals surface area contributed by atoms with Gasteiger partial charge in [0.05, 0.1) is 12.2 Å². The molecule has 1 aromatic heterocycles. The molecule has 1 atom stereocenters. The van der Waals surface area contributed by atoms with Crippen molar-refractivity contribution in [3.05, 3.63) is 47.8 Å². The highest BCUT2D eigenvalue weighted by Gasteiger charge is 2.23. The summed E-state index contributed by atoms with van der Waals surface area (Å²) in [7, 11) is 1.95. The fourth-order valence-corrected chi connectivity index (χ4v) is 3.10. The zero-order valence-electron chi connectivity index (χ0n) is 15.4. The van der Waals surface area contributed by atoms with Gasteiger partial charge < -0.3 is 15.5 Å². The monoisotopic (exact) mass is 340 g/mol. The van der Waals surface area contributed by atoms with Crippen LogP contribution in [0, 0.1) is 6.92 Å². The molecule has 0 bridgehead atoms. The first-order valence-corrected chi connectivity index (χ1v) is 8.99. The van der Waals surface area contributed by atoms with Crippen LogP contribution in [0.15, 0.2) is 41.5 Å². The molecule has 0 aliphatic carbocycles. The second-order valence-electron chi connectivity index (χ2n) is 6.55. The van der Waals surface area contributed by atoms with E-state index in [-0.39, 0.29) is 0 Å². The van der Waals surface area contributed by atoms with Gasteiger partial charge in [-0.1, -0.05) is 17.7 Å². The minimum atomic E-state index is 0.408. The molecule has 6 heteroatoms. The summed E-state index contributed by atoms with van der Waals surface area (Å²) in [4.78, 5) is 7.14. The Bertz CT molecular complexity index is 703. The van der Waals surface area contributed by atoms with E-state index in [9.17, 15) is 0 Å². The number of aryl methyl sites for hydroxylation is 2. The highest BCUT2D eigenvalue weighted by atomic mass is 15.3. The number of benzene rings is 1. The summed E-state index contributed by atoms with van der Waals surface area (Å²) in [6.45, 7) is 7.76. The molecule has 0 amide bonds. The van der Waals surface area contributed by atoms with Gasteiger partial charge in [-0.05, 0) is 38.5 Å². The fourth-order valence-electron chi connectivity index (χ4n) is 3.10. The van der Waals surface area contributed by atoms with Gasteiger partial charge in [-0.15, -0.1) is 0 Å². The zero-order valence-corrected chi connectivity index (χ0v) is 15.4. The van der Waals surface area contributed by atoms with E-state index in [1.807, 2.05) is 24.0 Å². The molecule has 1 aromatic carbocycles. The molecule has 3 rings (SSSR count). The van der Waals surface area contributed by atoms with Gasteiger partial charge in [0, 0.05) is 44.6 Å². The molecule has 0 saturated carbocycles.